The lowest BCUT2D eigenvalue weighted by Gasteiger charge is -2.20. The van der Waals surface area contributed by atoms with Gasteiger partial charge in [-0.15, -0.1) is 0 Å². The second-order valence-electron chi connectivity index (χ2n) is 18.4. The van der Waals surface area contributed by atoms with Gasteiger partial charge in [-0.2, -0.15) is 0 Å². The van der Waals surface area contributed by atoms with E-state index in [9.17, 15) is 23.8 Å². The predicted molar refractivity (Wildman–Crippen MR) is 259 cm³/mol. The van der Waals surface area contributed by atoms with Crippen LogP contribution in [0.4, 0.5) is 0 Å². The lowest BCUT2D eigenvalue weighted by Crippen LogP contribution is -2.34. The SMILES string of the molecule is CCCCCCCCCCCCCCCCCCCCCCC(=O)OC(COC(=O)CCCCCCCCCCCCCCCCCCCCC)COP(=O)(O)OCC(N)C(=O)O. The van der Waals surface area contributed by atoms with Gasteiger partial charge < -0.3 is 25.2 Å². The summed E-state index contributed by atoms with van der Waals surface area (Å²) in [7, 11) is -4.71. The molecule has 4 N–H and O–H groups in total. The summed E-state index contributed by atoms with van der Waals surface area (Å²) < 4.78 is 32.9. The number of carbonyl (C=O) groups excluding carboxylic acids is 2. The minimum atomic E-state index is -4.71. The average Bonchev–Trinajstić information content (AvgIpc) is 3.26. The predicted octanol–water partition coefficient (Wildman–Crippen LogP) is 15.0. The fourth-order valence-electron chi connectivity index (χ4n) is 7.95. The summed E-state index contributed by atoms with van der Waals surface area (Å²) in [4.78, 5) is 46.2. The fraction of sp³-hybridized carbons (Fsp3) is 0.941. The molecule has 0 aliphatic heterocycles. The lowest BCUT2D eigenvalue weighted by atomic mass is 10.0. The van der Waals surface area contributed by atoms with Gasteiger partial charge in [0.05, 0.1) is 13.2 Å². The molecule has 0 amide bonds. The number of hydrogen-bond acceptors (Lipinski definition) is 9. The van der Waals surface area contributed by atoms with Crippen LogP contribution in [0.2, 0.25) is 0 Å². The zero-order chi connectivity index (χ0) is 46.3. The summed E-state index contributed by atoms with van der Waals surface area (Å²) in [6.45, 7) is 2.88. The van der Waals surface area contributed by atoms with Gasteiger partial charge in [0.15, 0.2) is 6.10 Å². The number of carboxylic acids is 1. The Balaban J connectivity index is 4.17. The summed E-state index contributed by atoms with van der Waals surface area (Å²) >= 11 is 0. The molecule has 0 aromatic rings. The fourth-order valence-corrected chi connectivity index (χ4v) is 8.73. The number of hydrogen-bond donors (Lipinski definition) is 3. The summed E-state index contributed by atoms with van der Waals surface area (Å²) in [5.74, 6) is -2.35. The molecule has 11 nitrogen and oxygen atoms in total. The quantitative estimate of drug-likeness (QED) is 0.0301. The zero-order valence-electron chi connectivity index (χ0n) is 41.0. The molecule has 0 rings (SSSR count). The number of carbonyl (C=O) groups is 3. The maximum Gasteiger partial charge on any atom is 0.472 e. The molecule has 0 saturated carbocycles. The van der Waals surface area contributed by atoms with E-state index in [1.807, 2.05) is 0 Å². The van der Waals surface area contributed by atoms with Gasteiger partial charge in [-0.1, -0.05) is 251 Å². The van der Waals surface area contributed by atoms with Crippen LogP contribution in [-0.2, 0) is 37.5 Å². The molecule has 0 radical (unpaired) electrons. The molecule has 0 bridgehead atoms. The monoisotopic (exact) mass is 918 g/mol. The van der Waals surface area contributed by atoms with E-state index in [0.29, 0.717) is 12.8 Å². The second-order valence-corrected chi connectivity index (χ2v) is 19.8. The number of esters is 2. The molecule has 0 spiro atoms. The first-order valence-electron chi connectivity index (χ1n) is 26.6. The number of ether oxygens (including phenoxy) is 2. The smallest absolute Gasteiger partial charge is 0.472 e. The molecule has 63 heavy (non-hydrogen) atoms. The molecule has 0 aliphatic carbocycles. The van der Waals surface area contributed by atoms with Crippen molar-refractivity contribution in [3.8, 4) is 0 Å². The number of unbranched alkanes of at least 4 members (excludes halogenated alkanes) is 37. The largest absolute Gasteiger partial charge is 0.480 e. The molecule has 12 heteroatoms. The van der Waals surface area contributed by atoms with Gasteiger partial charge in [0.25, 0.3) is 0 Å². The van der Waals surface area contributed by atoms with E-state index >= 15 is 0 Å². The highest BCUT2D eigenvalue weighted by molar-refractivity contribution is 7.47. The van der Waals surface area contributed by atoms with Crippen molar-refractivity contribution in [1.29, 1.82) is 0 Å². The van der Waals surface area contributed by atoms with E-state index in [2.05, 4.69) is 13.8 Å². The van der Waals surface area contributed by atoms with Gasteiger partial charge in [-0.05, 0) is 12.8 Å². The molecular formula is C51H100NO10P. The Morgan fingerprint density at radius 2 is 0.698 bits per heavy atom. The molecule has 0 saturated heterocycles. The summed E-state index contributed by atoms with van der Waals surface area (Å²) in [5.41, 5.74) is 5.36. The third-order valence-electron chi connectivity index (χ3n) is 12.1. The van der Waals surface area contributed by atoms with Crippen LogP contribution in [0.3, 0.4) is 0 Å². The lowest BCUT2D eigenvalue weighted by molar-refractivity contribution is -0.161. The first-order valence-corrected chi connectivity index (χ1v) is 28.1. The summed E-state index contributed by atoms with van der Waals surface area (Å²) in [5, 5.41) is 8.92. The maximum atomic E-state index is 12.7. The Kier molecular flexibility index (Phi) is 45.9. The Hall–Kier alpha value is -1.52. The average molecular weight is 918 g/mol. The minimum Gasteiger partial charge on any atom is -0.480 e. The molecule has 3 atom stereocenters. The van der Waals surface area contributed by atoms with Gasteiger partial charge in [0, 0.05) is 12.8 Å². The Morgan fingerprint density at radius 3 is 1.00 bits per heavy atom. The van der Waals surface area contributed by atoms with Gasteiger partial charge in [0.1, 0.15) is 12.6 Å². The molecule has 0 heterocycles. The summed E-state index contributed by atoms with van der Waals surface area (Å²) in [6.07, 6.45) is 48.8. The number of aliphatic carboxylic acids is 1. The van der Waals surface area contributed by atoms with Crippen LogP contribution in [0, 0.1) is 0 Å². The molecule has 0 fully saturated rings. The van der Waals surface area contributed by atoms with Crippen molar-refractivity contribution in [3.63, 3.8) is 0 Å². The van der Waals surface area contributed by atoms with Crippen LogP contribution < -0.4 is 5.73 Å². The normalized spacial score (nSPS) is 13.5. The zero-order valence-corrected chi connectivity index (χ0v) is 41.8. The maximum absolute atomic E-state index is 12.7. The number of phosphoric acid groups is 1. The molecule has 0 aromatic carbocycles. The highest BCUT2D eigenvalue weighted by Crippen LogP contribution is 2.43. The highest BCUT2D eigenvalue weighted by atomic mass is 31.2. The number of carboxylic acid groups (broad SMARTS) is 1. The molecule has 3 unspecified atom stereocenters. The van der Waals surface area contributed by atoms with Gasteiger partial charge in [0.2, 0.25) is 0 Å². The Labute approximate surface area is 386 Å². The van der Waals surface area contributed by atoms with Crippen LogP contribution in [0.15, 0.2) is 0 Å². The van der Waals surface area contributed by atoms with Crippen molar-refractivity contribution in [1.82, 2.24) is 0 Å². The van der Waals surface area contributed by atoms with E-state index in [0.717, 1.165) is 38.5 Å². The first-order chi connectivity index (χ1) is 30.6. The van der Waals surface area contributed by atoms with Crippen LogP contribution in [0.25, 0.3) is 0 Å². The van der Waals surface area contributed by atoms with Crippen molar-refractivity contribution >= 4 is 25.7 Å². The first kappa shape index (κ1) is 61.5. The topological polar surface area (TPSA) is 172 Å². The van der Waals surface area contributed by atoms with E-state index in [1.165, 1.54) is 199 Å². The van der Waals surface area contributed by atoms with Gasteiger partial charge in [-0.25, -0.2) is 4.57 Å². The van der Waals surface area contributed by atoms with Crippen molar-refractivity contribution in [2.24, 2.45) is 5.73 Å². The van der Waals surface area contributed by atoms with Crippen LogP contribution in [0.5, 0.6) is 0 Å². The standard InChI is InChI=1S/C51H100NO10P/c1-3-5-7-9-11-13-15-17-19-21-23-25-27-29-31-33-35-37-39-41-43-50(54)62-47(45-60-63(57,58)61-46-48(52)51(55)56)44-59-49(53)42-40-38-36-34-32-30-28-26-24-22-20-18-16-14-12-10-8-6-4-2/h47-48H,3-46,52H2,1-2H3,(H,55,56)(H,57,58). The van der Waals surface area contributed by atoms with Gasteiger partial charge >= 0.3 is 25.7 Å². The number of rotatable bonds is 51. The molecule has 0 aromatic heterocycles. The second kappa shape index (κ2) is 47.0. The van der Waals surface area contributed by atoms with Crippen LogP contribution in [-0.4, -0.2) is 59.9 Å². The van der Waals surface area contributed by atoms with Crippen molar-refractivity contribution in [3.05, 3.63) is 0 Å². The van der Waals surface area contributed by atoms with Crippen molar-refractivity contribution in [2.45, 2.75) is 289 Å². The number of phosphoric ester groups is 1. The van der Waals surface area contributed by atoms with E-state index < -0.39 is 51.1 Å². The number of nitrogens with two attached hydrogens (primary N) is 1. The molecule has 374 valence electrons. The van der Waals surface area contributed by atoms with Gasteiger partial charge in [-0.3, -0.25) is 23.4 Å². The highest BCUT2D eigenvalue weighted by Gasteiger charge is 2.28. The van der Waals surface area contributed by atoms with Crippen molar-refractivity contribution in [2.75, 3.05) is 19.8 Å². The van der Waals surface area contributed by atoms with Crippen LogP contribution >= 0.6 is 7.82 Å². The Morgan fingerprint density at radius 1 is 0.429 bits per heavy atom. The molecule has 0 aliphatic rings. The Bertz CT molecular complexity index is 1080. The minimum absolute atomic E-state index is 0.170. The van der Waals surface area contributed by atoms with E-state index in [-0.39, 0.29) is 19.4 Å². The van der Waals surface area contributed by atoms with E-state index in [4.69, 9.17) is 29.4 Å². The van der Waals surface area contributed by atoms with Crippen LogP contribution in [0.1, 0.15) is 277 Å². The third-order valence-corrected chi connectivity index (χ3v) is 13.1. The summed E-state index contributed by atoms with van der Waals surface area (Å²) in [6, 6.07) is -1.52. The third kappa shape index (κ3) is 46.8. The molecular weight excluding hydrogens is 818 g/mol. The van der Waals surface area contributed by atoms with E-state index in [1.54, 1.807) is 0 Å². The van der Waals surface area contributed by atoms with Crippen molar-refractivity contribution < 1.29 is 47.5 Å².